The van der Waals surface area contributed by atoms with Crippen LogP contribution in [-0.4, -0.2) is 24.3 Å². The Bertz CT molecular complexity index is 186. The third-order valence-electron chi connectivity index (χ3n) is 1.75. The van der Waals surface area contributed by atoms with Crippen LogP contribution in [0, 0.1) is 0 Å². The van der Waals surface area contributed by atoms with Crippen LogP contribution in [-0.2, 0) is 4.74 Å². The fraction of sp³-hybridized carbons (Fsp3) is 0.909. The number of carbonyl (C=O) groups excluding carboxylic acids is 1. The molecule has 0 aromatic heterocycles. The van der Waals surface area contributed by atoms with Crippen LogP contribution in [0.15, 0.2) is 0 Å². The molecule has 0 bridgehead atoms. The number of ether oxygens (including phenoxy) is 1. The lowest BCUT2D eigenvalue weighted by Crippen LogP contribution is -2.33. The topological polar surface area (TPSA) is 64.3 Å². The molecule has 0 rings (SSSR count). The summed E-state index contributed by atoms with van der Waals surface area (Å²) >= 11 is 0. The van der Waals surface area contributed by atoms with Gasteiger partial charge in [0.25, 0.3) is 0 Å². The number of amides is 1. The van der Waals surface area contributed by atoms with Gasteiger partial charge in [0.1, 0.15) is 5.60 Å². The molecule has 0 radical (unpaired) electrons. The maximum Gasteiger partial charge on any atom is 0.407 e. The Hall–Kier alpha value is -0.770. The average molecular weight is 216 g/mol. The highest BCUT2D eigenvalue weighted by Crippen LogP contribution is 2.06. The van der Waals surface area contributed by atoms with Gasteiger partial charge in [0.05, 0.1) is 0 Å². The number of rotatable bonds is 5. The molecule has 0 aromatic carbocycles. The van der Waals surface area contributed by atoms with Gasteiger partial charge in [-0.25, -0.2) is 4.79 Å². The van der Waals surface area contributed by atoms with Crippen LogP contribution < -0.4 is 11.1 Å². The van der Waals surface area contributed by atoms with E-state index in [1.54, 1.807) is 0 Å². The maximum atomic E-state index is 11.2. The second-order valence-electron chi connectivity index (χ2n) is 4.90. The van der Waals surface area contributed by atoms with E-state index in [4.69, 9.17) is 10.5 Å². The maximum absolute atomic E-state index is 11.2. The lowest BCUT2D eigenvalue weighted by atomic mass is 10.1. The van der Waals surface area contributed by atoms with Crippen LogP contribution in [0.4, 0.5) is 4.79 Å². The number of hydrogen-bond acceptors (Lipinski definition) is 3. The molecule has 0 saturated carbocycles. The van der Waals surface area contributed by atoms with Crippen molar-refractivity contribution >= 4 is 6.09 Å². The highest BCUT2D eigenvalue weighted by molar-refractivity contribution is 5.67. The first kappa shape index (κ1) is 14.2. The van der Waals surface area contributed by atoms with Crippen molar-refractivity contribution in [1.29, 1.82) is 0 Å². The van der Waals surface area contributed by atoms with E-state index in [0.717, 1.165) is 19.3 Å². The summed E-state index contributed by atoms with van der Waals surface area (Å²) in [4.78, 5) is 11.2. The Kier molecular flexibility index (Phi) is 6.32. The van der Waals surface area contributed by atoms with Crippen LogP contribution in [0.1, 0.15) is 47.0 Å². The molecule has 0 aliphatic carbocycles. The molecule has 0 fully saturated rings. The van der Waals surface area contributed by atoms with E-state index in [1.807, 2.05) is 27.7 Å². The van der Waals surface area contributed by atoms with Crippen molar-refractivity contribution in [3.8, 4) is 0 Å². The molecule has 4 nitrogen and oxygen atoms in total. The molecule has 4 heteroatoms. The zero-order valence-electron chi connectivity index (χ0n) is 10.3. The molecule has 15 heavy (non-hydrogen) atoms. The molecule has 3 N–H and O–H groups in total. The Balaban J connectivity index is 3.40. The molecule has 0 aromatic rings. The highest BCUT2D eigenvalue weighted by Gasteiger charge is 2.15. The Morgan fingerprint density at radius 1 is 1.40 bits per heavy atom. The summed E-state index contributed by atoms with van der Waals surface area (Å²) in [5, 5.41) is 2.71. The van der Waals surface area contributed by atoms with E-state index in [2.05, 4.69) is 5.32 Å². The van der Waals surface area contributed by atoms with Gasteiger partial charge >= 0.3 is 6.09 Å². The Morgan fingerprint density at radius 2 is 2.00 bits per heavy atom. The SMILES string of the molecule is C[C@@H](N)CCCCNC(=O)OC(C)(C)C. The summed E-state index contributed by atoms with van der Waals surface area (Å²) in [7, 11) is 0. The van der Waals surface area contributed by atoms with Gasteiger partial charge in [-0.05, 0) is 40.5 Å². The molecule has 0 saturated heterocycles. The fourth-order valence-corrected chi connectivity index (χ4v) is 1.10. The first-order chi connectivity index (χ1) is 6.81. The minimum Gasteiger partial charge on any atom is -0.444 e. The third kappa shape index (κ3) is 11.2. The third-order valence-corrected chi connectivity index (χ3v) is 1.75. The first-order valence-corrected chi connectivity index (χ1v) is 5.53. The fourth-order valence-electron chi connectivity index (χ4n) is 1.10. The number of nitrogens with one attached hydrogen (secondary N) is 1. The highest BCUT2D eigenvalue weighted by atomic mass is 16.6. The van der Waals surface area contributed by atoms with E-state index in [0.29, 0.717) is 6.54 Å². The van der Waals surface area contributed by atoms with E-state index >= 15 is 0 Å². The molecule has 90 valence electrons. The van der Waals surface area contributed by atoms with Gasteiger partial charge in [0.2, 0.25) is 0 Å². The Morgan fingerprint density at radius 3 is 2.47 bits per heavy atom. The molecule has 0 heterocycles. The van der Waals surface area contributed by atoms with Gasteiger partial charge in [-0.2, -0.15) is 0 Å². The van der Waals surface area contributed by atoms with Crippen molar-refractivity contribution in [3.05, 3.63) is 0 Å². The van der Waals surface area contributed by atoms with Crippen molar-refractivity contribution in [2.75, 3.05) is 6.54 Å². The normalized spacial score (nSPS) is 13.4. The predicted molar refractivity (Wildman–Crippen MR) is 61.7 cm³/mol. The second-order valence-corrected chi connectivity index (χ2v) is 4.90. The average Bonchev–Trinajstić information content (AvgIpc) is 1.99. The molecular formula is C11H24N2O2. The van der Waals surface area contributed by atoms with Gasteiger partial charge in [-0.15, -0.1) is 0 Å². The molecule has 0 aliphatic rings. The first-order valence-electron chi connectivity index (χ1n) is 5.53. The van der Waals surface area contributed by atoms with E-state index in [9.17, 15) is 4.79 Å². The van der Waals surface area contributed by atoms with E-state index in [1.165, 1.54) is 0 Å². The lowest BCUT2D eigenvalue weighted by molar-refractivity contribution is 0.0527. The van der Waals surface area contributed by atoms with Gasteiger partial charge in [0.15, 0.2) is 0 Å². The summed E-state index contributed by atoms with van der Waals surface area (Å²) < 4.78 is 5.09. The number of unbranched alkanes of at least 4 members (excludes halogenated alkanes) is 1. The van der Waals surface area contributed by atoms with Crippen molar-refractivity contribution < 1.29 is 9.53 Å². The molecule has 1 atom stereocenters. The van der Waals surface area contributed by atoms with Crippen molar-refractivity contribution in [1.82, 2.24) is 5.32 Å². The smallest absolute Gasteiger partial charge is 0.407 e. The summed E-state index contributed by atoms with van der Waals surface area (Å²) in [6.45, 7) is 8.19. The van der Waals surface area contributed by atoms with Gasteiger partial charge in [0, 0.05) is 12.6 Å². The van der Waals surface area contributed by atoms with Gasteiger partial charge < -0.3 is 15.8 Å². The monoisotopic (exact) mass is 216 g/mol. The number of hydrogen-bond donors (Lipinski definition) is 2. The standard InChI is InChI=1S/C11H24N2O2/c1-9(12)7-5-6-8-13-10(14)15-11(2,3)4/h9H,5-8,12H2,1-4H3,(H,13,14)/t9-/m1/s1. The van der Waals surface area contributed by atoms with Gasteiger partial charge in [-0.1, -0.05) is 6.42 Å². The van der Waals surface area contributed by atoms with Crippen LogP contribution in [0.25, 0.3) is 0 Å². The number of alkyl carbamates (subject to hydrolysis) is 1. The van der Waals surface area contributed by atoms with Crippen LogP contribution in [0.5, 0.6) is 0 Å². The quantitative estimate of drug-likeness (QED) is 0.691. The largest absolute Gasteiger partial charge is 0.444 e. The van der Waals surface area contributed by atoms with Gasteiger partial charge in [-0.3, -0.25) is 0 Å². The Labute approximate surface area is 92.6 Å². The van der Waals surface area contributed by atoms with Crippen molar-refractivity contribution in [2.24, 2.45) is 5.73 Å². The van der Waals surface area contributed by atoms with E-state index < -0.39 is 5.60 Å². The van der Waals surface area contributed by atoms with Crippen LogP contribution in [0.3, 0.4) is 0 Å². The molecular weight excluding hydrogens is 192 g/mol. The number of carbonyl (C=O) groups is 1. The van der Waals surface area contributed by atoms with Crippen LogP contribution >= 0.6 is 0 Å². The zero-order chi connectivity index (χ0) is 11.9. The number of nitrogens with two attached hydrogens (primary N) is 1. The second kappa shape index (κ2) is 6.67. The minimum absolute atomic E-state index is 0.242. The summed E-state index contributed by atoms with van der Waals surface area (Å²) in [5.74, 6) is 0. The summed E-state index contributed by atoms with van der Waals surface area (Å²) in [5.41, 5.74) is 5.18. The molecule has 1 amide bonds. The molecule has 0 spiro atoms. The molecule has 0 unspecified atom stereocenters. The summed E-state index contributed by atoms with van der Waals surface area (Å²) in [6.07, 6.45) is 2.63. The van der Waals surface area contributed by atoms with Crippen LogP contribution in [0.2, 0.25) is 0 Å². The van der Waals surface area contributed by atoms with E-state index in [-0.39, 0.29) is 12.1 Å². The predicted octanol–water partition coefficient (Wildman–Crippen LogP) is 2.03. The summed E-state index contributed by atoms with van der Waals surface area (Å²) in [6, 6.07) is 0.242. The zero-order valence-corrected chi connectivity index (χ0v) is 10.3. The van der Waals surface area contributed by atoms with Crippen molar-refractivity contribution in [3.63, 3.8) is 0 Å². The molecule has 0 aliphatic heterocycles. The lowest BCUT2D eigenvalue weighted by Gasteiger charge is -2.19. The minimum atomic E-state index is -0.421. The van der Waals surface area contributed by atoms with Crippen molar-refractivity contribution in [2.45, 2.75) is 58.6 Å².